The van der Waals surface area contributed by atoms with Crippen LogP contribution in [0.4, 0.5) is 0 Å². The molecular weight excluding hydrogens is 216 g/mol. The molecule has 2 rings (SSSR count). The van der Waals surface area contributed by atoms with Gasteiger partial charge in [-0.15, -0.1) is 0 Å². The van der Waals surface area contributed by atoms with Gasteiger partial charge in [0.25, 0.3) is 0 Å². The summed E-state index contributed by atoms with van der Waals surface area (Å²) in [5.41, 5.74) is 8.96. The van der Waals surface area contributed by atoms with E-state index in [0.29, 0.717) is 0 Å². The summed E-state index contributed by atoms with van der Waals surface area (Å²) in [6, 6.07) is 6.74. The van der Waals surface area contributed by atoms with Gasteiger partial charge in [-0.2, -0.15) is 0 Å². The van der Waals surface area contributed by atoms with Crippen molar-refractivity contribution in [2.45, 2.75) is 52.9 Å². The Morgan fingerprint density at radius 3 is 2.61 bits per heavy atom. The Bertz CT molecular complexity index is 489. The topological polar surface area (TPSA) is 0 Å². The molecule has 1 aromatic rings. The van der Waals surface area contributed by atoms with Crippen LogP contribution in [0.25, 0.3) is 11.1 Å². The Labute approximate surface area is 111 Å². The highest BCUT2D eigenvalue weighted by Gasteiger charge is 2.22. The zero-order valence-corrected chi connectivity index (χ0v) is 12.0. The van der Waals surface area contributed by atoms with E-state index in [4.69, 9.17) is 0 Å². The van der Waals surface area contributed by atoms with Gasteiger partial charge in [0, 0.05) is 0 Å². The molecule has 0 fully saturated rings. The minimum atomic E-state index is 1.04. The highest BCUT2D eigenvalue weighted by atomic mass is 14.3. The average Bonchev–Trinajstić information content (AvgIpc) is 2.76. The van der Waals surface area contributed by atoms with Crippen molar-refractivity contribution in [3.05, 3.63) is 47.0 Å². The summed E-state index contributed by atoms with van der Waals surface area (Å²) in [7, 11) is 0. The van der Waals surface area contributed by atoms with Crippen LogP contribution >= 0.6 is 0 Å². The van der Waals surface area contributed by atoms with Crippen molar-refractivity contribution in [1.82, 2.24) is 0 Å². The molecule has 0 spiro atoms. The number of benzene rings is 1. The number of fused-ring (bicyclic) bond motifs is 1. The van der Waals surface area contributed by atoms with E-state index in [1.54, 1.807) is 11.1 Å². The van der Waals surface area contributed by atoms with Gasteiger partial charge in [0.15, 0.2) is 0 Å². The second kappa shape index (κ2) is 5.56. The summed E-state index contributed by atoms with van der Waals surface area (Å²) >= 11 is 0. The van der Waals surface area contributed by atoms with E-state index >= 15 is 0 Å². The Morgan fingerprint density at radius 2 is 2.00 bits per heavy atom. The summed E-state index contributed by atoms with van der Waals surface area (Å²) in [4.78, 5) is 0. The summed E-state index contributed by atoms with van der Waals surface area (Å²) in [6.07, 6.45) is 5.83. The molecule has 0 heteroatoms. The number of hydrogen-bond donors (Lipinski definition) is 0. The minimum Gasteiger partial charge on any atom is -0.0952 e. The third kappa shape index (κ3) is 2.16. The van der Waals surface area contributed by atoms with E-state index in [9.17, 15) is 0 Å². The minimum absolute atomic E-state index is 1.04. The van der Waals surface area contributed by atoms with Crippen LogP contribution in [-0.4, -0.2) is 0 Å². The second-order valence-corrected chi connectivity index (χ2v) is 5.15. The average molecular weight is 240 g/mol. The summed E-state index contributed by atoms with van der Waals surface area (Å²) in [5, 5.41) is 0. The van der Waals surface area contributed by atoms with Crippen LogP contribution in [0.1, 0.15) is 63.1 Å². The quantitative estimate of drug-likeness (QED) is 0.625. The monoisotopic (exact) mass is 240 g/mol. The zero-order chi connectivity index (χ0) is 13.1. The van der Waals surface area contributed by atoms with Gasteiger partial charge in [0.2, 0.25) is 0 Å². The number of allylic oxidation sites excluding steroid dienone is 3. The maximum atomic E-state index is 4.22. The fourth-order valence-electron chi connectivity index (χ4n) is 2.99. The molecule has 0 bridgehead atoms. The molecule has 1 aromatic carbocycles. The molecule has 0 N–H and O–H groups in total. The molecule has 18 heavy (non-hydrogen) atoms. The number of hydrogen-bond acceptors (Lipinski definition) is 0. The van der Waals surface area contributed by atoms with Gasteiger partial charge in [-0.3, -0.25) is 0 Å². The highest BCUT2D eigenvalue weighted by molar-refractivity contribution is 5.81. The van der Waals surface area contributed by atoms with Gasteiger partial charge in [0.1, 0.15) is 0 Å². The van der Waals surface area contributed by atoms with E-state index in [0.717, 1.165) is 12.8 Å². The Morgan fingerprint density at radius 1 is 1.22 bits per heavy atom. The molecule has 0 radical (unpaired) electrons. The smallest absolute Gasteiger partial charge is 0.00491 e. The molecule has 0 aliphatic heterocycles. The molecule has 0 saturated heterocycles. The largest absolute Gasteiger partial charge is 0.0952 e. The van der Waals surface area contributed by atoms with E-state index in [-0.39, 0.29) is 0 Å². The van der Waals surface area contributed by atoms with E-state index in [2.05, 4.69) is 45.5 Å². The van der Waals surface area contributed by atoms with Crippen LogP contribution in [0.3, 0.4) is 0 Å². The molecule has 96 valence electrons. The molecule has 1 aliphatic carbocycles. The lowest BCUT2D eigenvalue weighted by Crippen LogP contribution is -1.93. The molecule has 0 amide bonds. The lowest BCUT2D eigenvalue weighted by atomic mass is 9.94. The fourth-order valence-corrected chi connectivity index (χ4v) is 2.99. The maximum absolute atomic E-state index is 4.22. The molecule has 0 aromatic heterocycles. The normalized spacial score (nSPS) is 13.9. The van der Waals surface area contributed by atoms with Gasteiger partial charge in [-0.25, -0.2) is 0 Å². The summed E-state index contributed by atoms with van der Waals surface area (Å²) in [5.74, 6) is 0. The highest BCUT2D eigenvalue weighted by Crippen LogP contribution is 2.40. The number of rotatable bonds is 5. The lowest BCUT2D eigenvalue weighted by Gasteiger charge is -2.11. The van der Waals surface area contributed by atoms with Crippen molar-refractivity contribution in [3.63, 3.8) is 0 Å². The fraction of sp³-hybridized carbons (Fsp3) is 0.444. The summed E-state index contributed by atoms with van der Waals surface area (Å²) < 4.78 is 0. The molecule has 0 nitrogen and oxygen atoms in total. The Balaban J connectivity index is 2.48. The maximum Gasteiger partial charge on any atom is -0.00491 e. The lowest BCUT2D eigenvalue weighted by molar-refractivity contribution is 0.953. The Hall–Kier alpha value is -1.30. The standard InChI is InChI=1S/C18H24/c1-5-9-16-14(7-3)12-18-15(13(4)6-2)10-8-11-17(16)18/h8,10-11H,4-7,9,12H2,1-3H3. The van der Waals surface area contributed by atoms with Crippen molar-refractivity contribution in [2.75, 3.05) is 0 Å². The van der Waals surface area contributed by atoms with Crippen LogP contribution in [0.2, 0.25) is 0 Å². The second-order valence-electron chi connectivity index (χ2n) is 5.15. The van der Waals surface area contributed by atoms with Crippen LogP contribution < -0.4 is 0 Å². The Kier molecular flexibility index (Phi) is 4.06. The van der Waals surface area contributed by atoms with Gasteiger partial charge < -0.3 is 0 Å². The van der Waals surface area contributed by atoms with Crippen LogP contribution in [-0.2, 0) is 6.42 Å². The molecule has 0 unspecified atom stereocenters. The van der Waals surface area contributed by atoms with Gasteiger partial charge in [-0.05, 0) is 53.5 Å². The third-order valence-electron chi connectivity index (χ3n) is 4.05. The van der Waals surface area contributed by atoms with Crippen LogP contribution in [0.15, 0.2) is 30.4 Å². The SMILES string of the molecule is C=C(CC)c1cccc2c1CC(CC)=C2CCC. The van der Waals surface area contributed by atoms with Crippen molar-refractivity contribution >= 4 is 11.1 Å². The molecule has 0 heterocycles. The van der Waals surface area contributed by atoms with E-state index in [1.807, 2.05) is 0 Å². The molecular formula is C18H24. The van der Waals surface area contributed by atoms with Gasteiger partial charge in [0.05, 0.1) is 0 Å². The predicted octanol–water partition coefficient (Wildman–Crippen LogP) is 5.63. The van der Waals surface area contributed by atoms with E-state index < -0.39 is 0 Å². The molecule has 1 aliphatic rings. The van der Waals surface area contributed by atoms with Crippen molar-refractivity contribution in [1.29, 1.82) is 0 Å². The van der Waals surface area contributed by atoms with Crippen LogP contribution in [0.5, 0.6) is 0 Å². The zero-order valence-electron chi connectivity index (χ0n) is 12.0. The summed E-state index contributed by atoms with van der Waals surface area (Å²) in [6.45, 7) is 11.0. The first kappa shape index (κ1) is 13.1. The first-order valence-corrected chi connectivity index (χ1v) is 7.24. The van der Waals surface area contributed by atoms with Gasteiger partial charge >= 0.3 is 0 Å². The third-order valence-corrected chi connectivity index (χ3v) is 4.05. The van der Waals surface area contributed by atoms with Crippen molar-refractivity contribution < 1.29 is 0 Å². The molecule has 0 atom stereocenters. The predicted molar refractivity (Wildman–Crippen MR) is 81.6 cm³/mol. The first-order valence-electron chi connectivity index (χ1n) is 7.24. The van der Waals surface area contributed by atoms with Crippen molar-refractivity contribution in [2.24, 2.45) is 0 Å². The van der Waals surface area contributed by atoms with E-state index in [1.165, 1.54) is 41.5 Å². The van der Waals surface area contributed by atoms with Gasteiger partial charge in [-0.1, -0.05) is 57.5 Å². The molecule has 0 saturated carbocycles. The van der Waals surface area contributed by atoms with Crippen LogP contribution in [0, 0.1) is 0 Å². The van der Waals surface area contributed by atoms with Crippen molar-refractivity contribution in [3.8, 4) is 0 Å². The first-order chi connectivity index (χ1) is 8.72.